The Balaban J connectivity index is 1.88. The van der Waals surface area contributed by atoms with Gasteiger partial charge in [0.25, 0.3) is 0 Å². The molecule has 1 unspecified atom stereocenters. The van der Waals surface area contributed by atoms with Crippen LogP contribution in [0.4, 0.5) is 8.78 Å². The highest BCUT2D eigenvalue weighted by Crippen LogP contribution is 2.38. The first-order valence-electron chi connectivity index (χ1n) is 8.04. The second-order valence-corrected chi connectivity index (χ2v) is 7.01. The van der Waals surface area contributed by atoms with E-state index in [-0.39, 0.29) is 11.7 Å². The molecular formula is C19H18F2N2O2S. The molecule has 4 nitrogen and oxygen atoms in total. The summed E-state index contributed by atoms with van der Waals surface area (Å²) < 4.78 is 28.8. The first-order chi connectivity index (χ1) is 12.4. The normalized spacial score (nSPS) is 13.8. The molecular weight excluding hydrogens is 358 g/mol. The van der Waals surface area contributed by atoms with Crippen LogP contribution in [0, 0.1) is 5.92 Å². The summed E-state index contributed by atoms with van der Waals surface area (Å²) in [7, 11) is 0. The lowest BCUT2D eigenvalue weighted by Crippen LogP contribution is -2.33. The van der Waals surface area contributed by atoms with Crippen LogP contribution in [-0.4, -0.2) is 21.7 Å². The fourth-order valence-corrected chi connectivity index (χ4v) is 3.61. The van der Waals surface area contributed by atoms with Crippen LogP contribution in [0.1, 0.15) is 24.4 Å². The fourth-order valence-electron chi connectivity index (χ4n) is 2.73. The van der Waals surface area contributed by atoms with Gasteiger partial charge in [-0.05, 0) is 29.7 Å². The van der Waals surface area contributed by atoms with Crippen LogP contribution in [-0.2, 0) is 5.60 Å². The Morgan fingerprint density at radius 1 is 1.04 bits per heavy atom. The van der Waals surface area contributed by atoms with Gasteiger partial charge in [-0.1, -0.05) is 32.0 Å². The number of ether oxygens (including phenoxy) is 1. The molecule has 7 heteroatoms. The molecule has 0 bridgehead atoms. The largest absolute Gasteiger partial charge is 0.435 e. The molecule has 0 saturated carbocycles. The summed E-state index contributed by atoms with van der Waals surface area (Å²) in [5.41, 5.74) is 2.64. The number of benzene rings is 1. The molecule has 3 rings (SSSR count). The minimum atomic E-state index is -2.85. The average molecular weight is 376 g/mol. The molecule has 0 aliphatic carbocycles. The number of aromatic nitrogens is 2. The maximum absolute atomic E-state index is 12.2. The van der Waals surface area contributed by atoms with Crippen molar-refractivity contribution in [1.82, 2.24) is 9.97 Å². The van der Waals surface area contributed by atoms with Gasteiger partial charge < -0.3 is 9.84 Å². The molecule has 2 heterocycles. The molecule has 1 N–H and O–H groups in total. The Kier molecular flexibility index (Phi) is 5.29. The summed E-state index contributed by atoms with van der Waals surface area (Å²) in [4.78, 5) is 9.25. The number of halogens is 2. The van der Waals surface area contributed by atoms with E-state index in [4.69, 9.17) is 0 Å². The molecule has 0 aliphatic rings. The van der Waals surface area contributed by atoms with Crippen molar-refractivity contribution in [2.45, 2.75) is 26.1 Å². The Morgan fingerprint density at radius 3 is 2.23 bits per heavy atom. The fraction of sp³-hybridized carbons (Fsp3) is 0.263. The number of hydrogen-bond acceptors (Lipinski definition) is 5. The average Bonchev–Trinajstić information content (AvgIpc) is 3.16. The van der Waals surface area contributed by atoms with E-state index in [0.29, 0.717) is 5.69 Å². The highest BCUT2D eigenvalue weighted by molar-refractivity contribution is 7.09. The number of thiazole rings is 1. The highest BCUT2D eigenvalue weighted by Gasteiger charge is 2.38. The number of aliphatic hydroxyl groups is 1. The lowest BCUT2D eigenvalue weighted by Gasteiger charge is -2.30. The maximum Gasteiger partial charge on any atom is 0.387 e. The Morgan fingerprint density at radius 2 is 1.73 bits per heavy atom. The van der Waals surface area contributed by atoms with E-state index in [1.807, 2.05) is 19.9 Å². The lowest BCUT2D eigenvalue weighted by atomic mass is 9.85. The Labute approximate surface area is 154 Å². The second kappa shape index (κ2) is 7.47. The lowest BCUT2D eigenvalue weighted by molar-refractivity contribution is -0.0498. The van der Waals surface area contributed by atoms with Gasteiger partial charge in [-0.2, -0.15) is 8.78 Å². The van der Waals surface area contributed by atoms with E-state index in [0.717, 1.165) is 16.0 Å². The van der Waals surface area contributed by atoms with Crippen molar-refractivity contribution in [3.8, 4) is 16.9 Å². The summed E-state index contributed by atoms with van der Waals surface area (Å²) in [5, 5.41) is 11.2. The molecule has 0 amide bonds. The first kappa shape index (κ1) is 18.4. The SMILES string of the molecule is CC(C)C(O)(c1ccc(-c2ccc(OC(F)F)cc2)cn1)c1cncs1. The molecule has 26 heavy (non-hydrogen) atoms. The molecule has 0 radical (unpaired) electrons. The molecule has 3 aromatic rings. The van der Waals surface area contributed by atoms with Crippen molar-refractivity contribution >= 4 is 11.3 Å². The Hall–Kier alpha value is -2.38. The maximum atomic E-state index is 12.2. The number of hydrogen-bond donors (Lipinski definition) is 1. The van der Waals surface area contributed by atoms with Crippen LogP contribution in [0.5, 0.6) is 5.75 Å². The standard InChI is InChI=1S/C19H18F2N2O2S/c1-12(2)19(24,17-10-22-11-26-17)16-8-5-14(9-23-16)13-3-6-15(7-4-13)25-18(20)21/h3-12,18,24H,1-2H3. The highest BCUT2D eigenvalue weighted by atomic mass is 32.1. The number of alkyl halides is 2. The van der Waals surface area contributed by atoms with Crippen LogP contribution in [0.25, 0.3) is 11.1 Å². The van der Waals surface area contributed by atoms with Crippen molar-refractivity contribution in [2.24, 2.45) is 5.92 Å². The molecule has 1 atom stereocenters. The van der Waals surface area contributed by atoms with E-state index in [2.05, 4.69) is 14.7 Å². The summed E-state index contributed by atoms with van der Waals surface area (Å²) in [5.74, 6) is 0.0137. The summed E-state index contributed by atoms with van der Waals surface area (Å²) in [6, 6.07) is 9.96. The molecule has 2 aromatic heterocycles. The molecule has 0 saturated heterocycles. The summed E-state index contributed by atoms with van der Waals surface area (Å²) >= 11 is 1.38. The molecule has 0 fully saturated rings. The molecule has 136 valence electrons. The molecule has 1 aromatic carbocycles. The van der Waals surface area contributed by atoms with Gasteiger partial charge in [0.2, 0.25) is 0 Å². The zero-order valence-electron chi connectivity index (χ0n) is 14.3. The predicted molar refractivity (Wildman–Crippen MR) is 96.3 cm³/mol. The van der Waals surface area contributed by atoms with Crippen molar-refractivity contribution < 1.29 is 18.6 Å². The number of pyridine rings is 1. The molecule has 0 aliphatic heterocycles. The smallest absolute Gasteiger partial charge is 0.387 e. The van der Waals surface area contributed by atoms with Crippen molar-refractivity contribution in [3.05, 3.63) is 64.9 Å². The van der Waals surface area contributed by atoms with Gasteiger partial charge in [0, 0.05) is 18.0 Å². The van der Waals surface area contributed by atoms with Gasteiger partial charge in [-0.25, -0.2) is 0 Å². The van der Waals surface area contributed by atoms with Crippen LogP contribution in [0.3, 0.4) is 0 Å². The van der Waals surface area contributed by atoms with Crippen molar-refractivity contribution in [3.63, 3.8) is 0 Å². The van der Waals surface area contributed by atoms with E-state index in [9.17, 15) is 13.9 Å². The summed E-state index contributed by atoms with van der Waals surface area (Å²) in [6.45, 7) is 1.01. The first-order valence-corrected chi connectivity index (χ1v) is 8.92. The second-order valence-electron chi connectivity index (χ2n) is 6.12. The predicted octanol–water partition coefficient (Wildman–Crippen LogP) is 4.70. The van der Waals surface area contributed by atoms with E-state index in [1.165, 1.54) is 23.5 Å². The van der Waals surface area contributed by atoms with Gasteiger partial charge in [-0.3, -0.25) is 9.97 Å². The van der Waals surface area contributed by atoms with Crippen molar-refractivity contribution in [2.75, 3.05) is 0 Å². The van der Waals surface area contributed by atoms with E-state index < -0.39 is 12.2 Å². The van der Waals surface area contributed by atoms with E-state index in [1.54, 1.807) is 36.1 Å². The third-order valence-corrected chi connectivity index (χ3v) is 5.11. The van der Waals surface area contributed by atoms with Gasteiger partial charge in [0.1, 0.15) is 11.4 Å². The number of nitrogens with zero attached hydrogens (tertiary/aromatic N) is 2. The molecule has 0 spiro atoms. The van der Waals surface area contributed by atoms with Gasteiger partial charge in [-0.15, -0.1) is 11.3 Å². The van der Waals surface area contributed by atoms with Crippen LogP contribution in [0.2, 0.25) is 0 Å². The Bertz CT molecular complexity index is 837. The minimum absolute atomic E-state index is 0.0907. The van der Waals surface area contributed by atoms with Crippen LogP contribution in [0.15, 0.2) is 54.3 Å². The number of rotatable bonds is 6. The summed E-state index contributed by atoms with van der Waals surface area (Å²) in [6.07, 6.45) is 3.31. The zero-order valence-corrected chi connectivity index (χ0v) is 15.1. The topological polar surface area (TPSA) is 55.2 Å². The van der Waals surface area contributed by atoms with Gasteiger partial charge >= 0.3 is 6.61 Å². The third kappa shape index (κ3) is 3.59. The van der Waals surface area contributed by atoms with Crippen molar-refractivity contribution in [1.29, 1.82) is 0 Å². The monoisotopic (exact) mass is 376 g/mol. The minimum Gasteiger partial charge on any atom is -0.435 e. The quantitative estimate of drug-likeness (QED) is 0.678. The van der Waals surface area contributed by atoms with Crippen LogP contribution >= 0.6 is 11.3 Å². The third-order valence-electron chi connectivity index (χ3n) is 4.21. The van der Waals surface area contributed by atoms with Gasteiger partial charge in [0.15, 0.2) is 0 Å². The van der Waals surface area contributed by atoms with Gasteiger partial charge in [0.05, 0.1) is 16.1 Å². The van der Waals surface area contributed by atoms with E-state index >= 15 is 0 Å². The zero-order chi connectivity index (χ0) is 18.7. The van der Waals surface area contributed by atoms with Crippen LogP contribution < -0.4 is 4.74 Å².